The van der Waals surface area contributed by atoms with E-state index in [1.807, 2.05) is 23.7 Å². The van der Waals surface area contributed by atoms with Crippen LogP contribution in [-0.4, -0.2) is 45.3 Å². The molecule has 0 saturated carbocycles. The number of nitrogens with zero attached hydrogens (tertiary/aromatic N) is 5. The Hall–Kier alpha value is -2.20. The Morgan fingerprint density at radius 2 is 2.08 bits per heavy atom. The second-order valence-corrected chi connectivity index (χ2v) is 7.89. The van der Waals surface area contributed by atoms with Crippen molar-refractivity contribution in [2.45, 2.75) is 33.0 Å². The van der Waals surface area contributed by atoms with Gasteiger partial charge in [-0.15, -0.1) is 0 Å². The second kappa shape index (κ2) is 6.36. The highest BCUT2D eigenvalue weighted by atomic mass is 32.2. The van der Waals surface area contributed by atoms with E-state index in [0.717, 1.165) is 23.5 Å². The molecule has 0 bridgehead atoms. The molecule has 2 aromatic rings. The molecule has 0 amide bonds. The average Bonchev–Trinajstić information content (AvgIpc) is 2.73. The topological polar surface area (TPSA) is 119 Å². The van der Waals surface area contributed by atoms with E-state index >= 15 is 0 Å². The van der Waals surface area contributed by atoms with Gasteiger partial charge in [0.2, 0.25) is 16.0 Å². The van der Waals surface area contributed by atoms with Crippen molar-refractivity contribution in [1.82, 2.24) is 24.1 Å². The molecule has 2 aromatic heterocycles. The zero-order chi connectivity index (χ0) is 17.3. The summed E-state index contributed by atoms with van der Waals surface area (Å²) in [5.74, 6) is 0.864. The Kier molecular flexibility index (Phi) is 4.41. The molecule has 0 spiro atoms. The van der Waals surface area contributed by atoms with E-state index in [9.17, 15) is 8.42 Å². The molecule has 1 aliphatic heterocycles. The zero-order valence-electron chi connectivity index (χ0n) is 13.7. The lowest BCUT2D eigenvalue weighted by molar-refractivity contribution is 0.414. The number of hydrogen-bond donors (Lipinski definition) is 2. The fraction of sp³-hybridized carbons (Fsp3) is 0.500. The van der Waals surface area contributed by atoms with Crippen molar-refractivity contribution in [3.05, 3.63) is 29.2 Å². The van der Waals surface area contributed by atoms with Crippen molar-refractivity contribution in [1.29, 1.82) is 0 Å². The summed E-state index contributed by atoms with van der Waals surface area (Å²) >= 11 is 0. The van der Waals surface area contributed by atoms with Gasteiger partial charge in [-0.25, -0.2) is 13.4 Å². The molecule has 0 radical (unpaired) electrons. The van der Waals surface area contributed by atoms with Crippen LogP contribution in [0.25, 0.3) is 0 Å². The quantitative estimate of drug-likeness (QED) is 0.815. The van der Waals surface area contributed by atoms with Crippen LogP contribution in [0.1, 0.15) is 23.5 Å². The van der Waals surface area contributed by atoms with E-state index in [1.165, 1.54) is 10.6 Å². The van der Waals surface area contributed by atoms with Crippen molar-refractivity contribution in [2.75, 3.05) is 23.9 Å². The van der Waals surface area contributed by atoms with Crippen molar-refractivity contribution >= 4 is 21.8 Å². The third-order valence-electron chi connectivity index (χ3n) is 3.82. The first-order chi connectivity index (χ1) is 11.3. The molecular formula is C14H21N7O2S. The number of nitrogens with one attached hydrogen (secondary N) is 1. The van der Waals surface area contributed by atoms with Crippen LogP contribution in [-0.2, 0) is 29.7 Å². The van der Waals surface area contributed by atoms with E-state index in [0.29, 0.717) is 32.0 Å². The van der Waals surface area contributed by atoms with Gasteiger partial charge in [0.05, 0.1) is 30.7 Å². The number of nitrogens with two attached hydrogens (primary N) is 1. The minimum atomic E-state index is -3.20. The van der Waals surface area contributed by atoms with Crippen molar-refractivity contribution in [3.8, 4) is 0 Å². The minimum absolute atomic E-state index is 0.224. The molecular weight excluding hydrogens is 330 g/mol. The second-order valence-electron chi connectivity index (χ2n) is 5.91. The van der Waals surface area contributed by atoms with E-state index in [2.05, 4.69) is 20.4 Å². The molecule has 0 aromatic carbocycles. The number of anilines is 2. The van der Waals surface area contributed by atoms with Gasteiger partial charge in [0.25, 0.3) is 0 Å². The molecule has 9 nitrogen and oxygen atoms in total. The number of rotatable bonds is 4. The maximum Gasteiger partial charge on any atom is 0.222 e. The summed E-state index contributed by atoms with van der Waals surface area (Å²) in [7, 11) is -3.20. The number of fused-ring (bicyclic) bond motifs is 1. The summed E-state index contributed by atoms with van der Waals surface area (Å²) in [5.41, 5.74) is 8.15. The van der Waals surface area contributed by atoms with Gasteiger partial charge in [0, 0.05) is 24.8 Å². The lowest BCUT2D eigenvalue weighted by Crippen LogP contribution is -2.29. The largest absolute Gasteiger partial charge is 0.368 e. The maximum atomic E-state index is 11.8. The Labute approximate surface area is 140 Å². The fourth-order valence-electron chi connectivity index (χ4n) is 2.73. The van der Waals surface area contributed by atoms with Crippen LogP contribution in [0.3, 0.4) is 0 Å². The molecule has 0 fully saturated rings. The molecule has 10 heteroatoms. The maximum absolute atomic E-state index is 11.8. The van der Waals surface area contributed by atoms with Crippen LogP contribution in [0.2, 0.25) is 0 Å². The molecule has 0 aliphatic carbocycles. The molecule has 0 atom stereocenters. The molecule has 1 aliphatic rings. The van der Waals surface area contributed by atoms with Crippen LogP contribution in [0.15, 0.2) is 12.1 Å². The van der Waals surface area contributed by atoms with Gasteiger partial charge in [-0.1, -0.05) is 0 Å². The number of nitrogen functional groups attached to an aromatic ring is 1. The summed E-state index contributed by atoms with van der Waals surface area (Å²) in [4.78, 5) is 8.15. The van der Waals surface area contributed by atoms with Gasteiger partial charge >= 0.3 is 0 Å². The average molecular weight is 351 g/mol. The number of sulfonamides is 1. The third-order valence-corrected chi connectivity index (χ3v) is 5.07. The number of hydrogen-bond acceptors (Lipinski definition) is 7. The van der Waals surface area contributed by atoms with Crippen LogP contribution in [0.4, 0.5) is 11.8 Å². The zero-order valence-corrected chi connectivity index (χ0v) is 14.5. The summed E-state index contributed by atoms with van der Waals surface area (Å²) in [5, 5.41) is 7.72. The summed E-state index contributed by atoms with van der Waals surface area (Å²) < 4.78 is 26.9. The molecule has 3 rings (SSSR count). The molecule has 0 saturated heterocycles. The molecule has 24 heavy (non-hydrogen) atoms. The van der Waals surface area contributed by atoms with Gasteiger partial charge in [0.15, 0.2) is 0 Å². The monoisotopic (exact) mass is 351 g/mol. The highest BCUT2D eigenvalue weighted by Crippen LogP contribution is 2.17. The third kappa shape index (κ3) is 3.82. The fourth-order valence-corrected chi connectivity index (χ4v) is 3.55. The first-order valence-corrected chi connectivity index (χ1v) is 9.52. The predicted molar refractivity (Wildman–Crippen MR) is 90.6 cm³/mol. The Balaban J connectivity index is 1.73. The normalized spacial score (nSPS) is 15.8. The van der Waals surface area contributed by atoms with E-state index in [4.69, 9.17) is 5.73 Å². The van der Waals surface area contributed by atoms with Crippen molar-refractivity contribution in [2.24, 2.45) is 0 Å². The van der Waals surface area contributed by atoms with E-state index in [1.54, 1.807) is 0 Å². The standard InChI is InChI=1S/C14H21N7O2S/c1-10-6-13(18-14(15)17-10)16-8-11-7-12-9-20(24(2,22)23)4-3-5-21(12)19-11/h6-7H,3-5,8-9H2,1-2H3,(H3,15,16,17,18). The highest BCUT2D eigenvalue weighted by Gasteiger charge is 2.22. The molecule has 3 N–H and O–H groups in total. The number of aryl methyl sites for hydroxylation is 2. The summed E-state index contributed by atoms with van der Waals surface area (Å²) in [6.45, 7) is 3.91. The molecule has 130 valence electrons. The van der Waals surface area contributed by atoms with Crippen LogP contribution < -0.4 is 11.1 Å². The van der Waals surface area contributed by atoms with E-state index in [-0.39, 0.29) is 5.95 Å². The van der Waals surface area contributed by atoms with Gasteiger partial charge in [-0.2, -0.15) is 14.4 Å². The predicted octanol–water partition coefficient (Wildman–Crippen LogP) is 0.341. The Morgan fingerprint density at radius 1 is 1.29 bits per heavy atom. The lowest BCUT2D eigenvalue weighted by Gasteiger charge is -2.16. The van der Waals surface area contributed by atoms with Gasteiger partial charge in [0.1, 0.15) is 5.82 Å². The summed E-state index contributed by atoms with van der Waals surface area (Å²) in [6.07, 6.45) is 1.99. The van der Waals surface area contributed by atoms with Crippen LogP contribution in [0, 0.1) is 6.92 Å². The summed E-state index contributed by atoms with van der Waals surface area (Å²) in [6, 6.07) is 3.73. The first-order valence-electron chi connectivity index (χ1n) is 7.67. The van der Waals surface area contributed by atoms with Gasteiger partial charge in [-0.05, 0) is 19.4 Å². The molecule has 3 heterocycles. The van der Waals surface area contributed by atoms with E-state index < -0.39 is 10.0 Å². The molecule has 0 unspecified atom stereocenters. The number of aromatic nitrogens is 4. The Bertz CT molecular complexity index is 827. The van der Waals surface area contributed by atoms with Gasteiger partial charge in [-0.3, -0.25) is 4.68 Å². The van der Waals surface area contributed by atoms with Gasteiger partial charge < -0.3 is 11.1 Å². The first kappa shape index (κ1) is 16.7. The van der Waals surface area contributed by atoms with Crippen molar-refractivity contribution < 1.29 is 8.42 Å². The highest BCUT2D eigenvalue weighted by molar-refractivity contribution is 7.88. The minimum Gasteiger partial charge on any atom is -0.368 e. The smallest absolute Gasteiger partial charge is 0.222 e. The van der Waals surface area contributed by atoms with Crippen LogP contribution in [0.5, 0.6) is 0 Å². The Morgan fingerprint density at radius 3 is 2.79 bits per heavy atom. The lowest BCUT2D eigenvalue weighted by atomic mass is 10.3. The SMILES string of the molecule is Cc1cc(NCc2cc3n(n2)CCCN(S(C)(=O)=O)C3)nc(N)n1. The van der Waals surface area contributed by atoms with Crippen molar-refractivity contribution in [3.63, 3.8) is 0 Å². The van der Waals surface area contributed by atoms with Crippen LogP contribution >= 0.6 is 0 Å².